The van der Waals surface area contributed by atoms with Crippen molar-refractivity contribution in [2.24, 2.45) is 5.73 Å². The molecule has 0 aliphatic heterocycles. The Bertz CT molecular complexity index is 537. The smallest absolute Gasteiger partial charge is 0.128 e. The molecule has 2 N–H and O–H groups in total. The molecule has 1 heterocycles. The minimum absolute atomic E-state index is 0.0130. The molecule has 0 bridgehead atoms. The topological polar surface area (TPSA) is 42.1 Å². The lowest BCUT2D eigenvalue weighted by Crippen LogP contribution is -2.18. The zero-order valence-corrected chi connectivity index (χ0v) is 11.2. The van der Waals surface area contributed by atoms with Crippen LogP contribution in [0.3, 0.4) is 0 Å². The Morgan fingerprint density at radius 1 is 1.26 bits per heavy atom. The van der Waals surface area contributed by atoms with Gasteiger partial charge in [0.15, 0.2) is 0 Å². The number of nitrogens with zero attached hydrogens (tertiary/aromatic N) is 2. The van der Waals surface area contributed by atoms with Gasteiger partial charge in [0.2, 0.25) is 0 Å². The van der Waals surface area contributed by atoms with Gasteiger partial charge in [-0.3, -0.25) is 0 Å². The quantitative estimate of drug-likeness (QED) is 0.918. The van der Waals surface area contributed by atoms with E-state index in [1.54, 1.807) is 18.3 Å². The Hall–Kier alpha value is -1.94. The second kappa shape index (κ2) is 5.80. The Labute approximate surface area is 112 Å². The van der Waals surface area contributed by atoms with Crippen molar-refractivity contribution in [1.29, 1.82) is 0 Å². The molecular formula is C15H18FN3. The summed E-state index contributed by atoms with van der Waals surface area (Å²) in [5, 5.41) is 0. The van der Waals surface area contributed by atoms with Crippen molar-refractivity contribution in [2.75, 3.05) is 11.9 Å². The highest BCUT2D eigenvalue weighted by Crippen LogP contribution is 2.17. The van der Waals surface area contributed by atoms with Crippen LogP contribution in [0.25, 0.3) is 0 Å². The lowest BCUT2D eigenvalue weighted by Gasteiger charge is -2.19. The van der Waals surface area contributed by atoms with Gasteiger partial charge in [-0.15, -0.1) is 0 Å². The van der Waals surface area contributed by atoms with Crippen molar-refractivity contribution in [2.45, 2.75) is 19.5 Å². The molecule has 4 heteroatoms. The molecule has 2 rings (SSSR count). The maximum atomic E-state index is 12.8. The third-order valence-corrected chi connectivity index (χ3v) is 3.02. The number of nitrogens with two attached hydrogens (primary N) is 1. The van der Waals surface area contributed by atoms with Crippen molar-refractivity contribution in [3.63, 3.8) is 0 Å². The van der Waals surface area contributed by atoms with Crippen molar-refractivity contribution >= 4 is 5.82 Å². The van der Waals surface area contributed by atoms with Crippen LogP contribution in [0.15, 0.2) is 42.6 Å². The molecule has 0 amide bonds. The fourth-order valence-electron chi connectivity index (χ4n) is 1.87. The van der Waals surface area contributed by atoms with E-state index in [-0.39, 0.29) is 11.9 Å². The molecule has 0 saturated carbocycles. The van der Waals surface area contributed by atoms with E-state index in [4.69, 9.17) is 5.73 Å². The molecule has 1 aromatic heterocycles. The number of aromatic nitrogens is 1. The molecule has 0 fully saturated rings. The molecule has 0 saturated heterocycles. The summed E-state index contributed by atoms with van der Waals surface area (Å²) in [4.78, 5) is 6.34. The Morgan fingerprint density at radius 3 is 2.58 bits per heavy atom. The zero-order chi connectivity index (χ0) is 13.8. The van der Waals surface area contributed by atoms with Crippen molar-refractivity contribution in [1.82, 2.24) is 4.98 Å². The summed E-state index contributed by atoms with van der Waals surface area (Å²) in [6.07, 6.45) is 1.76. The summed E-state index contributed by atoms with van der Waals surface area (Å²) in [5.74, 6) is 0.641. The van der Waals surface area contributed by atoms with Gasteiger partial charge in [-0.2, -0.15) is 0 Å². The number of hydrogen-bond donors (Lipinski definition) is 1. The van der Waals surface area contributed by atoms with Gasteiger partial charge >= 0.3 is 0 Å². The molecular weight excluding hydrogens is 241 g/mol. The van der Waals surface area contributed by atoms with Gasteiger partial charge in [-0.1, -0.05) is 12.1 Å². The first-order valence-electron chi connectivity index (χ1n) is 6.23. The number of halogens is 1. The minimum Gasteiger partial charge on any atom is -0.355 e. The Kier molecular flexibility index (Phi) is 4.12. The number of benzene rings is 1. The number of pyridine rings is 1. The first kappa shape index (κ1) is 13.5. The van der Waals surface area contributed by atoms with Gasteiger partial charge < -0.3 is 10.6 Å². The minimum atomic E-state index is -0.219. The summed E-state index contributed by atoms with van der Waals surface area (Å²) >= 11 is 0. The zero-order valence-electron chi connectivity index (χ0n) is 11.2. The van der Waals surface area contributed by atoms with Gasteiger partial charge in [-0.05, 0) is 42.3 Å². The summed E-state index contributed by atoms with van der Waals surface area (Å²) in [5.41, 5.74) is 7.95. The summed E-state index contributed by atoms with van der Waals surface area (Å²) in [6.45, 7) is 2.62. The molecule has 3 nitrogen and oxygen atoms in total. The van der Waals surface area contributed by atoms with E-state index < -0.39 is 0 Å². The van der Waals surface area contributed by atoms with Gasteiger partial charge in [-0.25, -0.2) is 9.37 Å². The van der Waals surface area contributed by atoms with Crippen molar-refractivity contribution in [3.8, 4) is 0 Å². The molecule has 100 valence electrons. The van der Waals surface area contributed by atoms with E-state index in [1.807, 2.05) is 31.0 Å². The van der Waals surface area contributed by atoms with Crippen molar-refractivity contribution < 1.29 is 4.39 Å². The van der Waals surface area contributed by atoms with Crippen LogP contribution in [0.1, 0.15) is 24.1 Å². The van der Waals surface area contributed by atoms with Gasteiger partial charge in [0.1, 0.15) is 11.6 Å². The van der Waals surface area contributed by atoms with Crippen LogP contribution in [-0.4, -0.2) is 12.0 Å². The second-order valence-corrected chi connectivity index (χ2v) is 4.72. The predicted molar refractivity (Wildman–Crippen MR) is 75.3 cm³/mol. The van der Waals surface area contributed by atoms with Crippen LogP contribution in [0, 0.1) is 5.82 Å². The first-order chi connectivity index (χ1) is 9.06. The lowest BCUT2D eigenvalue weighted by atomic mass is 10.1. The summed E-state index contributed by atoms with van der Waals surface area (Å²) < 4.78 is 12.8. The molecule has 2 aromatic rings. The van der Waals surface area contributed by atoms with Crippen LogP contribution in [-0.2, 0) is 6.54 Å². The van der Waals surface area contributed by atoms with E-state index in [9.17, 15) is 4.39 Å². The summed E-state index contributed by atoms with van der Waals surface area (Å²) in [6, 6.07) is 10.4. The number of anilines is 1. The van der Waals surface area contributed by atoms with E-state index >= 15 is 0 Å². The van der Waals surface area contributed by atoms with Crippen LogP contribution >= 0.6 is 0 Å². The fourth-order valence-corrected chi connectivity index (χ4v) is 1.87. The third-order valence-electron chi connectivity index (χ3n) is 3.02. The molecule has 0 spiro atoms. The van der Waals surface area contributed by atoms with E-state index in [2.05, 4.69) is 4.98 Å². The van der Waals surface area contributed by atoms with Crippen LogP contribution in [0.4, 0.5) is 10.2 Å². The molecule has 0 aliphatic carbocycles. The average Bonchev–Trinajstić information content (AvgIpc) is 2.41. The molecule has 1 atom stereocenters. The maximum absolute atomic E-state index is 12.8. The number of hydrogen-bond acceptors (Lipinski definition) is 3. The largest absolute Gasteiger partial charge is 0.355 e. The molecule has 19 heavy (non-hydrogen) atoms. The average molecular weight is 259 g/mol. The second-order valence-electron chi connectivity index (χ2n) is 4.72. The van der Waals surface area contributed by atoms with Gasteiger partial charge in [0.05, 0.1) is 0 Å². The normalized spacial score (nSPS) is 12.2. The molecule has 0 radical (unpaired) electrons. The Morgan fingerprint density at radius 2 is 1.95 bits per heavy atom. The highest BCUT2D eigenvalue weighted by molar-refractivity contribution is 5.41. The van der Waals surface area contributed by atoms with E-state index in [1.165, 1.54) is 12.1 Å². The van der Waals surface area contributed by atoms with Gasteiger partial charge in [0, 0.05) is 25.8 Å². The lowest BCUT2D eigenvalue weighted by molar-refractivity contribution is 0.627. The first-order valence-corrected chi connectivity index (χ1v) is 6.23. The van der Waals surface area contributed by atoms with E-state index in [0.29, 0.717) is 6.54 Å². The van der Waals surface area contributed by atoms with Crippen LogP contribution in [0.2, 0.25) is 0 Å². The molecule has 1 aromatic carbocycles. The molecule has 0 unspecified atom stereocenters. The van der Waals surface area contributed by atoms with E-state index in [0.717, 1.165) is 16.9 Å². The fraction of sp³-hybridized carbons (Fsp3) is 0.267. The molecule has 0 aliphatic rings. The van der Waals surface area contributed by atoms with Gasteiger partial charge in [0.25, 0.3) is 0 Å². The SMILES string of the molecule is C[C@H](N)c1ccnc(N(C)Cc2ccc(F)cc2)c1. The monoisotopic (exact) mass is 259 g/mol. The highest BCUT2D eigenvalue weighted by Gasteiger charge is 2.06. The van der Waals surface area contributed by atoms with Crippen LogP contribution < -0.4 is 10.6 Å². The predicted octanol–water partition coefficient (Wildman–Crippen LogP) is 2.88. The maximum Gasteiger partial charge on any atom is 0.128 e. The third kappa shape index (κ3) is 3.51. The van der Waals surface area contributed by atoms with Crippen LogP contribution in [0.5, 0.6) is 0 Å². The standard InChI is InChI=1S/C15H18FN3/c1-11(17)13-7-8-18-15(9-13)19(2)10-12-3-5-14(16)6-4-12/h3-9,11H,10,17H2,1-2H3/t11-/m0/s1. The summed E-state index contributed by atoms with van der Waals surface area (Å²) in [7, 11) is 1.96. The Balaban J connectivity index is 2.13. The van der Waals surface area contributed by atoms with Crippen molar-refractivity contribution in [3.05, 3.63) is 59.5 Å². The number of rotatable bonds is 4. The highest BCUT2D eigenvalue weighted by atomic mass is 19.1.